The second kappa shape index (κ2) is 5.27. The summed E-state index contributed by atoms with van der Waals surface area (Å²) in [5.41, 5.74) is 1.89. The highest BCUT2D eigenvalue weighted by atomic mass is 32.1. The van der Waals surface area contributed by atoms with E-state index in [4.69, 9.17) is 12.2 Å². The van der Waals surface area contributed by atoms with Crippen LogP contribution in [0.5, 0.6) is 0 Å². The summed E-state index contributed by atoms with van der Waals surface area (Å²) in [7, 11) is 0. The van der Waals surface area contributed by atoms with Crippen molar-refractivity contribution in [3.05, 3.63) is 35.4 Å². The average Bonchev–Trinajstić information content (AvgIpc) is 2.34. The number of hydrogen-bond donors (Lipinski definition) is 2. The smallest absolute Gasteiger partial charge is 0.166 e. The van der Waals surface area contributed by atoms with E-state index in [0.717, 1.165) is 24.1 Å². The van der Waals surface area contributed by atoms with E-state index in [2.05, 4.69) is 10.6 Å². The number of benzene rings is 1. The van der Waals surface area contributed by atoms with Gasteiger partial charge in [-0.25, -0.2) is 0 Å². The number of Topliss-reactive ketones (excluding diaryl/α,β-unsaturated/α-hetero) is 1. The minimum Gasteiger partial charge on any atom is -0.363 e. The first-order valence-electron chi connectivity index (χ1n) is 5.89. The van der Waals surface area contributed by atoms with Crippen molar-refractivity contribution in [2.75, 3.05) is 6.54 Å². The minimum atomic E-state index is 0.149. The molecule has 2 rings (SSSR count). The van der Waals surface area contributed by atoms with E-state index < -0.39 is 0 Å². The van der Waals surface area contributed by atoms with Gasteiger partial charge in [-0.2, -0.15) is 0 Å². The Hall–Kier alpha value is -1.42. The molecule has 1 unspecified atom stereocenters. The summed E-state index contributed by atoms with van der Waals surface area (Å²) >= 11 is 5.19. The zero-order chi connectivity index (χ0) is 12.3. The van der Waals surface area contributed by atoms with Crippen molar-refractivity contribution in [2.24, 2.45) is 0 Å². The zero-order valence-electron chi connectivity index (χ0n) is 9.82. The second-order valence-corrected chi connectivity index (χ2v) is 4.51. The van der Waals surface area contributed by atoms with E-state index in [1.807, 2.05) is 31.2 Å². The Labute approximate surface area is 107 Å². The van der Waals surface area contributed by atoms with Crippen molar-refractivity contribution in [2.45, 2.75) is 25.8 Å². The lowest BCUT2D eigenvalue weighted by Crippen LogP contribution is -2.39. The van der Waals surface area contributed by atoms with Gasteiger partial charge in [0.05, 0.1) is 6.04 Å². The largest absolute Gasteiger partial charge is 0.363 e. The molecule has 1 aromatic carbocycles. The molecule has 0 radical (unpaired) electrons. The third kappa shape index (κ3) is 2.64. The molecule has 2 N–H and O–H groups in total. The Bertz CT molecular complexity index is 445. The first kappa shape index (κ1) is 12.0. The fourth-order valence-electron chi connectivity index (χ4n) is 2.14. The number of carbonyl (C=O) groups is 1. The number of hydrogen-bond acceptors (Lipinski definition) is 2. The van der Waals surface area contributed by atoms with Crippen LogP contribution >= 0.6 is 12.2 Å². The maximum absolute atomic E-state index is 11.8. The molecule has 17 heavy (non-hydrogen) atoms. The molecule has 0 bridgehead atoms. The second-order valence-electron chi connectivity index (χ2n) is 4.11. The van der Waals surface area contributed by atoms with Gasteiger partial charge in [-0.1, -0.05) is 24.3 Å². The van der Waals surface area contributed by atoms with Gasteiger partial charge < -0.3 is 10.6 Å². The summed E-state index contributed by atoms with van der Waals surface area (Å²) in [5, 5.41) is 6.99. The lowest BCUT2D eigenvalue weighted by molar-refractivity contribution is 0.0965. The predicted octanol–water partition coefficient (Wildman–Crippen LogP) is 2.19. The molecule has 0 saturated carbocycles. The molecule has 0 saturated heterocycles. The number of ketones is 1. The van der Waals surface area contributed by atoms with E-state index in [0.29, 0.717) is 11.5 Å². The van der Waals surface area contributed by atoms with Crippen LogP contribution in [0.25, 0.3) is 0 Å². The van der Waals surface area contributed by atoms with Crippen LogP contribution in [0.4, 0.5) is 0 Å². The lowest BCUT2D eigenvalue weighted by Gasteiger charge is -2.26. The molecule has 90 valence electrons. The Morgan fingerprint density at radius 3 is 3.00 bits per heavy atom. The van der Waals surface area contributed by atoms with E-state index in [9.17, 15) is 4.79 Å². The molecule has 0 aromatic heterocycles. The van der Waals surface area contributed by atoms with E-state index >= 15 is 0 Å². The summed E-state index contributed by atoms with van der Waals surface area (Å²) in [4.78, 5) is 11.8. The highest BCUT2D eigenvalue weighted by Crippen LogP contribution is 2.29. The molecule has 3 nitrogen and oxygen atoms in total. The third-order valence-corrected chi connectivity index (χ3v) is 3.20. The van der Waals surface area contributed by atoms with Crippen LogP contribution in [-0.4, -0.2) is 17.4 Å². The van der Waals surface area contributed by atoms with Gasteiger partial charge in [-0.15, -0.1) is 0 Å². The van der Waals surface area contributed by atoms with Crippen LogP contribution < -0.4 is 10.6 Å². The molecule has 0 heterocycles. The Kier molecular flexibility index (Phi) is 3.74. The fourth-order valence-corrected chi connectivity index (χ4v) is 2.43. The normalized spacial score (nSPS) is 18.4. The first-order chi connectivity index (χ1) is 8.22. The Balaban J connectivity index is 2.18. The summed E-state index contributed by atoms with van der Waals surface area (Å²) in [6.07, 6.45) is 1.39. The van der Waals surface area contributed by atoms with Gasteiger partial charge in [-0.05, 0) is 31.1 Å². The van der Waals surface area contributed by atoms with E-state index in [1.54, 1.807) is 0 Å². The molecule has 1 aliphatic rings. The molecule has 1 aliphatic carbocycles. The number of carbonyl (C=O) groups excluding carboxylic acids is 1. The lowest BCUT2D eigenvalue weighted by atomic mass is 9.87. The molecule has 1 atom stereocenters. The average molecular weight is 248 g/mol. The topological polar surface area (TPSA) is 41.1 Å². The summed E-state index contributed by atoms with van der Waals surface area (Å²) in [5.74, 6) is 0.230. The van der Waals surface area contributed by atoms with Crippen LogP contribution in [0.1, 0.15) is 41.7 Å². The Morgan fingerprint density at radius 1 is 1.47 bits per heavy atom. The number of nitrogens with one attached hydrogen (secondary N) is 2. The van der Waals surface area contributed by atoms with Crippen LogP contribution in [0.2, 0.25) is 0 Å². The minimum absolute atomic E-state index is 0.149. The predicted molar refractivity (Wildman–Crippen MR) is 72.2 cm³/mol. The van der Waals surface area contributed by atoms with Gasteiger partial charge in [0.1, 0.15) is 0 Å². The van der Waals surface area contributed by atoms with Gasteiger partial charge in [0.2, 0.25) is 0 Å². The molecule has 1 aromatic rings. The highest BCUT2D eigenvalue weighted by Gasteiger charge is 2.25. The fraction of sp³-hybridized carbons (Fsp3) is 0.385. The van der Waals surface area contributed by atoms with Crippen LogP contribution in [0.15, 0.2) is 24.3 Å². The molecule has 0 aliphatic heterocycles. The maximum Gasteiger partial charge on any atom is 0.166 e. The van der Waals surface area contributed by atoms with Gasteiger partial charge in [0.15, 0.2) is 10.9 Å². The third-order valence-electron chi connectivity index (χ3n) is 2.94. The summed E-state index contributed by atoms with van der Waals surface area (Å²) in [6.45, 7) is 2.81. The van der Waals surface area contributed by atoms with Gasteiger partial charge in [0, 0.05) is 18.5 Å². The number of thiocarbonyl (C=S) groups is 1. The number of rotatable bonds is 2. The van der Waals surface area contributed by atoms with Crippen LogP contribution in [-0.2, 0) is 0 Å². The van der Waals surface area contributed by atoms with Crippen molar-refractivity contribution in [1.29, 1.82) is 0 Å². The van der Waals surface area contributed by atoms with Crippen molar-refractivity contribution in [1.82, 2.24) is 10.6 Å². The van der Waals surface area contributed by atoms with Gasteiger partial charge in [-0.3, -0.25) is 4.79 Å². The van der Waals surface area contributed by atoms with E-state index in [1.165, 1.54) is 0 Å². The summed E-state index contributed by atoms with van der Waals surface area (Å²) in [6, 6.07) is 7.90. The number of fused-ring (bicyclic) bond motifs is 1. The van der Waals surface area contributed by atoms with Crippen molar-refractivity contribution in [3.8, 4) is 0 Å². The highest BCUT2D eigenvalue weighted by molar-refractivity contribution is 7.80. The van der Waals surface area contributed by atoms with Crippen LogP contribution in [0.3, 0.4) is 0 Å². The standard InChI is InChI=1S/C13H16N2OS/c1-2-14-13(17)15-11-7-8-12(16)10-6-4-3-5-9(10)11/h3-6,11H,2,7-8H2,1H3,(H2,14,15,17). The molecule has 0 spiro atoms. The SMILES string of the molecule is CCNC(=S)NC1CCC(=O)c2ccccc21. The van der Waals surface area contributed by atoms with Crippen molar-refractivity contribution in [3.63, 3.8) is 0 Å². The molecule has 0 amide bonds. The Morgan fingerprint density at radius 2 is 2.24 bits per heavy atom. The summed E-state index contributed by atoms with van der Waals surface area (Å²) < 4.78 is 0. The maximum atomic E-state index is 11.8. The zero-order valence-corrected chi connectivity index (χ0v) is 10.6. The van der Waals surface area contributed by atoms with Crippen molar-refractivity contribution >= 4 is 23.1 Å². The van der Waals surface area contributed by atoms with E-state index in [-0.39, 0.29) is 11.8 Å². The molecular formula is C13H16N2OS. The molecule has 4 heteroatoms. The quantitative estimate of drug-likeness (QED) is 0.787. The van der Waals surface area contributed by atoms with Gasteiger partial charge in [0.25, 0.3) is 0 Å². The first-order valence-corrected chi connectivity index (χ1v) is 6.29. The van der Waals surface area contributed by atoms with Crippen molar-refractivity contribution < 1.29 is 4.79 Å². The molecule has 0 fully saturated rings. The monoisotopic (exact) mass is 248 g/mol. The molecular weight excluding hydrogens is 232 g/mol. The van der Waals surface area contributed by atoms with Crippen LogP contribution in [0, 0.1) is 0 Å². The van der Waals surface area contributed by atoms with Gasteiger partial charge >= 0.3 is 0 Å².